The molecule has 1 aliphatic heterocycles. The third-order valence-electron chi connectivity index (χ3n) is 4.20. The fourth-order valence-electron chi connectivity index (χ4n) is 2.77. The van der Waals surface area contributed by atoms with Crippen molar-refractivity contribution in [3.63, 3.8) is 0 Å². The van der Waals surface area contributed by atoms with Gasteiger partial charge >= 0.3 is 0 Å². The molecule has 1 saturated heterocycles. The quantitative estimate of drug-likeness (QED) is 0.697. The number of benzene rings is 1. The van der Waals surface area contributed by atoms with Crippen LogP contribution in [0.2, 0.25) is 0 Å². The number of anilines is 1. The van der Waals surface area contributed by atoms with Crippen molar-refractivity contribution in [2.45, 2.75) is 23.8 Å². The maximum Gasteiger partial charge on any atom is 0.233 e. The van der Waals surface area contributed by atoms with Gasteiger partial charge in [-0.2, -0.15) is 0 Å². The van der Waals surface area contributed by atoms with E-state index < -0.39 is 0 Å². The first kappa shape index (κ1) is 18.5. The Hall–Kier alpha value is -2.28. The Morgan fingerprint density at radius 2 is 2.04 bits per heavy atom. The van der Waals surface area contributed by atoms with Crippen molar-refractivity contribution in [1.82, 2.24) is 15.1 Å². The van der Waals surface area contributed by atoms with E-state index in [9.17, 15) is 4.79 Å². The van der Waals surface area contributed by atoms with E-state index in [-0.39, 0.29) is 12.0 Å². The van der Waals surface area contributed by atoms with E-state index in [0.29, 0.717) is 18.8 Å². The molecule has 138 valence electrons. The van der Waals surface area contributed by atoms with E-state index in [1.807, 2.05) is 54.2 Å². The first-order valence-corrected chi connectivity index (χ1v) is 9.74. The largest absolute Gasteiger partial charge is 0.471 e. The smallest absolute Gasteiger partial charge is 0.233 e. The Bertz CT molecular complexity index is 709. The molecule has 0 N–H and O–H groups in total. The maximum absolute atomic E-state index is 12.4. The minimum absolute atomic E-state index is 0.0137. The van der Waals surface area contributed by atoms with Crippen LogP contribution in [0.1, 0.15) is 12.8 Å². The Labute approximate surface area is 158 Å². The molecule has 1 aliphatic rings. The fourth-order valence-corrected chi connectivity index (χ4v) is 3.63. The van der Waals surface area contributed by atoms with E-state index in [0.717, 1.165) is 24.5 Å². The molecule has 26 heavy (non-hydrogen) atoms. The van der Waals surface area contributed by atoms with E-state index in [1.165, 1.54) is 4.90 Å². The number of rotatable bonds is 7. The van der Waals surface area contributed by atoms with Gasteiger partial charge in [0.15, 0.2) is 5.82 Å². The molecule has 0 bridgehead atoms. The standard InChI is InChI=1S/C19H24N4O2S/c1-22(2)17-8-9-18(21-20-17)25-15-10-12-23(14-15)19(24)11-13-26-16-6-4-3-5-7-16/h3-9,15H,10-14H2,1-2H3. The molecule has 0 saturated carbocycles. The summed E-state index contributed by atoms with van der Waals surface area (Å²) in [4.78, 5) is 17.3. The van der Waals surface area contributed by atoms with Crippen molar-refractivity contribution in [1.29, 1.82) is 0 Å². The predicted octanol–water partition coefficient (Wildman–Crippen LogP) is 2.70. The summed E-state index contributed by atoms with van der Waals surface area (Å²) in [6.07, 6.45) is 1.36. The number of carbonyl (C=O) groups is 1. The van der Waals surface area contributed by atoms with Crippen LogP contribution in [0.5, 0.6) is 5.88 Å². The van der Waals surface area contributed by atoms with Crippen LogP contribution in [0.4, 0.5) is 5.82 Å². The molecule has 0 spiro atoms. The van der Waals surface area contributed by atoms with E-state index in [1.54, 1.807) is 11.8 Å². The molecule has 1 aromatic carbocycles. The number of likely N-dealkylation sites (tertiary alicyclic amines) is 1. The van der Waals surface area contributed by atoms with Crippen LogP contribution < -0.4 is 9.64 Å². The number of thioether (sulfide) groups is 1. The van der Waals surface area contributed by atoms with Crippen molar-refractivity contribution < 1.29 is 9.53 Å². The lowest BCUT2D eigenvalue weighted by Gasteiger charge is -2.17. The zero-order valence-electron chi connectivity index (χ0n) is 15.2. The van der Waals surface area contributed by atoms with Gasteiger partial charge in [-0.1, -0.05) is 18.2 Å². The Morgan fingerprint density at radius 1 is 1.23 bits per heavy atom. The summed E-state index contributed by atoms with van der Waals surface area (Å²) in [7, 11) is 3.84. The molecule has 1 fully saturated rings. The fraction of sp³-hybridized carbons (Fsp3) is 0.421. The number of carbonyl (C=O) groups excluding carboxylic acids is 1. The average Bonchev–Trinajstić information content (AvgIpc) is 3.11. The molecule has 2 aromatic rings. The summed E-state index contributed by atoms with van der Waals surface area (Å²) in [5.74, 6) is 2.28. The van der Waals surface area contributed by atoms with Crippen molar-refractivity contribution in [2.24, 2.45) is 0 Å². The van der Waals surface area contributed by atoms with Crippen LogP contribution in [0, 0.1) is 0 Å². The van der Waals surface area contributed by atoms with Crippen LogP contribution in [-0.4, -0.2) is 60.0 Å². The highest BCUT2D eigenvalue weighted by Crippen LogP contribution is 2.21. The minimum atomic E-state index is -0.0137. The summed E-state index contributed by atoms with van der Waals surface area (Å²) in [5.41, 5.74) is 0. The van der Waals surface area contributed by atoms with Gasteiger partial charge in [-0.05, 0) is 18.2 Å². The van der Waals surface area contributed by atoms with Gasteiger partial charge in [-0.15, -0.1) is 22.0 Å². The summed E-state index contributed by atoms with van der Waals surface area (Å²) >= 11 is 1.71. The first-order valence-electron chi connectivity index (χ1n) is 8.75. The molecule has 1 unspecified atom stereocenters. The van der Waals surface area contributed by atoms with Gasteiger partial charge < -0.3 is 14.5 Å². The highest BCUT2D eigenvalue weighted by atomic mass is 32.2. The minimum Gasteiger partial charge on any atom is -0.471 e. The summed E-state index contributed by atoms with van der Waals surface area (Å²) in [5, 5.41) is 8.21. The van der Waals surface area contributed by atoms with Gasteiger partial charge in [-0.25, -0.2) is 0 Å². The number of aromatic nitrogens is 2. The van der Waals surface area contributed by atoms with E-state index in [4.69, 9.17) is 4.74 Å². The monoisotopic (exact) mass is 372 g/mol. The summed E-state index contributed by atoms with van der Waals surface area (Å²) in [6.45, 7) is 1.36. The third-order valence-corrected chi connectivity index (χ3v) is 5.21. The molecule has 1 atom stereocenters. The number of hydrogen-bond donors (Lipinski definition) is 0. The molecule has 3 rings (SSSR count). The van der Waals surface area contributed by atoms with Crippen LogP contribution in [0.15, 0.2) is 47.4 Å². The summed E-state index contributed by atoms with van der Waals surface area (Å²) < 4.78 is 5.87. The molecule has 2 heterocycles. The lowest BCUT2D eigenvalue weighted by molar-refractivity contribution is -0.129. The number of hydrogen-bond acceptors (Lipinski definition) is 6. The molecule has 7 heteroatoms. The SMILES string of the molecule is CN(C)c1ccc(OC2CCN(C(=O)CCSc3ccccc3)C2)nn1. The molecule has 0 aliphatic carbocycles. The van der Waals surface area contributed by atoms with Gasteiger partial charge in [0.25, 0.3) is 0 Å². The Morgan fingerprint density at radius 3 is 2.73 bits per heavy atom. The van der Waals surface area contributed by atoms with E-state index in [2.05, 4.69) is 22.3 Å². The van der Waals surface area contributed by atoms with Crippen LogP contribution >= 0.6 is 11.8 Å². The zero-order valence-corrected chi connectivity index (χ0v) is 16.0. The topological polar surface area (TPSA) is 58.6 Å². The van der Waals surface area contributed by atoms with Crippen LogP contribution in [0.3, 0.4) is 0 Å². The third kappa shape index (κ3) is 5.11. The maximum atomic E-state index is 12.4. The average molecular weight is 372 g/mol. The van der Waals surface area contributed by atoms with E-state index >= 15 is 0 Å². The second-order valence-corrected chi connectivity index (χ2v) is 7.57. The second kappa shape index (κ2) is 8.89. The van der Waals surface area contributed by atoms with Gasteiger partial charge in [0.1, 0.15) is 6.10 Å². The van der Waals surface area contributed by atoms with Gasteiger partial charge in [-0.3, -0.25) is 4.79 Å². The van der Waals surface area contributed by atoms with Crippen molar-refractivity contribution >= 4 is 23.5 Å². The van der Waals surface area contributed by atoms with Crippen molar-refractivity contribution in [3.05, 3.63) is 42.5 Å². The highest BCUT2D eigenvalue weighted by molar-refractivity contribution is 7.99. The highest BCUT2D eigenvalue weighted by Gasteiger charge is 2.27. The number of ether oxygens (including phenoxy) is 1. The van der Waals surface area contributed by atoms with Crippen molar-refractivity contribution in [3.8, 4) is 5.88 Å². The van der Waals surface area contributed by atoms with Crippen LogP contribution in [0.25, 0.3) is 0 Å². The molecule has 1 amide bonds. The molecule has 1 aromatic heterocycles. The first-order chi connectivity index (χ1) is 12.6. The molecular formula is C19H24N4O2S. The Balaban J connectivity index is 1.42. The summed E-state index contributed by atoms with van der Waals surface area (Å²) in [6, 6.07) is 13.9. The molecular weight excluding hydrogens is 348 g/mol. The lowest BCUT2D eigenvalue weighted by Crippen LogP contribution is -2.31. The number of amides is 1. The van der Waals surface area contributed by atoms with Crippen molar-refractivity contribution in [2.75, 3.05) is 37.8 Å². The van der Waals surface area contributed by atoms with Gasteiger partial charge in [0.05, 0.1) is 6.54 Å². The zero-order chi connectivity index (χ0) is 18.4. The van der Waals surface area contributed by atoms with Crippen LogP contribution in [-0.2, 0) is 4.79 Å². The van der Waals surface area contributed by atoms with Gasteiger partial charge in [0.2, 0.25) is 11.8 Å². The molecule has 6 nitrogen and oxygen atoms in total. The van der Waals surface area contributed by atoms with Gasteiger partial charge in [0, 0.05) is 50.2 Å². The Kier molecular flexibility index (Phi) is 6.33. The predicted molar refractivity (Wildman–Crippen MR) is 104 cm³/mol. The second-order valence-electron chi connectivity index (χ2n) is 6.40. The normalized spacial score (nSPS) is 16.5. The number of nitrogens with zero attached hydrogens (tertiary/aromatic N) is 4. The molecule has 0 radical (unpaired) electrons. The lowest BCUT2D eigenvalue weighted by atomic mass is 10.3.